The van der Waals surface area contributed by atoms with Gasteiger partial charge < -0.3 is 9.47 Å². The maximum Gasteiger partial charge on any atom is 0.253 e. The van der Waals surface area contributed by atoms with Crippen LogP contribution in [0, 0.1) is 18.3 Å². The average molecular weight is 452 g/mol. The van der Waals surface area contributed by atoms with E-state index in [9.17, 15) is 10.1 Å². The SMILES string of the molecule is Cc1cc2c(N3CCCc4cc(-c5cnn(C)c5)c(C#N)cc43)cc(C(C)C)cc2n(C)c1=O. The fraction of sp³-hybridized carbons (Fsp3) is 0.321. The monoisotopic (exact) mass is 451 g/mol. The standard InChI is InChI=1S/C28H29N5O/c1-17(2)20-11-26-24(9-18(3)28(34)32(26)5)27(12-20)33-8-6-7-19-10-23(21(14-29)13-25(19)33)22-15-30-31(4)16-22/h9-13,15-17H,6-8H2,1-5H3. The predicted molar refractivity (Wildman–Crippen MR) is 137 cm³/mol. The average Bonchev–Trinajstić information content (AvgIpc) is 3.27. The minimum absolute atomic E-state index is 0.0336. The molecule has 0 spiro atoms. The predicted octanol–water partition coefficient (Wildman–Crippen LogP) is 5.33. The van der Waals surface area contributed by atoms with Crippen molar-refractivity contribution in [1.29, 1.82) is 5.26 Å². The second-order valence-corrected chi connectivity index (χ2v) is 9.62. The van der Waals surface area contributed by atoms with E-state index in [4.69, 9.17) is 0 Å². The first kappa shape index (κ1) is 22.0. The summed E-state index contributed by atoms with van der Waals surface area (Å²) in [6.45, 7) is 7.09. The number of nitrogens with zero attached hydrogens (tertiary/aromatic N) is 5. The number of fused-ring (bicyclic) bond motifs is 2. The zero-order valence-corrected chi connectivity index (χ0v) is 20.4. The molecule has 0 amide bonds. The van der Waals surface area contributed by atoms with Crippen molar-refractivity contribution in [3.63, 3.8) is 0 Å². The zero-order chi connectivity index (χ0) is 24.1. The van der Waals surface area contributed by atoms with Crippen LogP contribution in [0.4, 0.5) is 11.4 Å². The van der Waals surface area contributed by atoms with Crippen LogP contribution in [0.5, 0.6) is 0 Å². The fourth-order valence-electron chi connectivity index (χ4n) is 5.05. The third kappa shape index (κ3) is 3.49. The van der Waals surface area contributed by atoms with Crippen molar-refractivity contribution in [3.05, 3.63) is 75.3 Å². The van der Waals surface area contributed by atoms with E-state index in [1.807, 2.05) is 45.5 Å². The van der Waals surface area contributed by atoms with Crippen molar-refractivity contribution in [1.82, 2.24) is 14.3 Å². The number of aryl methyl sites for hydroxylation is 4. The summed E-state index contributed by atoms with van der Waals surface area (Å²) in [5.41, 5.74) is 8.83. The van der Waals surface area contributed by atoms with Crippen LogP contribution < -0.4 is 10.5 Å². The molecule has 172 valence electrons. The van der Waals surface area contributed by atoms with Crippen molar-refractivity contribution < 1.29 is 0 Å². The number of nitriles is 1. The van der Waals surface area contributed by atoms with Crippen LogP contribution in [-0.4, -0.2) is 20.9 Å². The molecule has 6 heteroatoms. The van der Waals surface area contributed by atoms with Crippen LogP contribution in [0.25, 0.3) is 22.0 Å². The van der Waals surface area contributed by atoms with Crippen LogP contribution in [-0.2, 0) is 20.5 Å². The largest absolute Gasteiger partial charge is 0.341 e. The second kappa shape index (κ2) is 8.18. The highest BCUT2D eigenvalue weighted by Gasteiger charge is 2.24. The molecule has 2 aromatic heterocycles. The van der Waals surface area contributed by atoms with Crippen LogP contribution in [0.1, 0.15) is 48.4 Å². The van der Waals surface area contributed by atoms with Gasteiger partial charge in [0, 0.05) is 54.6 Å². The van der Waals surface area contributed by atoms with Crippen molar-refractivity contribution in [2.45, 2.75) is 39.5 Å². The Hall–Kier alpha value is -3.85. The summed E-state index contributed by atoms with van der Waals surface area (Å²) in [6.07, 6.45) is 5.74. The molecule has 1 aliphatic rings. The van der Waals surface area contributed by atoms with Crippen LogP contribution in [0.3, 0.4) is 0 Å². The zero-order valence-electron chi connectivity index (χ0n) is 20.4. The molecule has 0 radical (unpaired) electrons. The van der Waals surface area contributed by atoms with Crippen LogP contribution in [0.15, 0.2) is 47.5 Å². The van der Waals surface area contributed by atoms with Gasteiger partial charge in [0.05, 0.1) is 29.0 Å². The molecule has 0 N–H and O–H groups in total. The first-order chi connectivity index (χ1) is 16.3. The molecule has 3 heterocycles. The Morgan fingerprint density at radius 3 is 2.56 bits per heavy atom. The Bertz CT molecular complexity index is 1530. The molecular formula is C28H29N5O. The van der Waals surface area contributed by atoms with Gasteiger partial charge in [-0.1, -0.05) is 13.8 Å². The van der Waals surface area contributed by atoms with E-state index in [2.05, 4.69) is 48.1 Å². The van der Waals surface area contributed by atoms with Gasteiger partial charge in [-0.2, -0.15) is 10.4 Å². The molecule has 0 saturated heterocycles. The summed E-state index contributed by atoms with van der Waals surface area (Å²) in [6, 6.07) is 13.0. The van der Waals surface area contributed by atoms with E-state index in [0.717, 1.165) is 58.4 Å². The quantitative estimate of drug-likeness (QED) is 0.422. The number of pyridine rings is 1. The summed E-state index contributed by atoms with van der Waals surface area (Å²) in [4.78, 5) is 15.1. The molecule has 4 aromatic rings. The molecule has 0 fully saturated rings. The lowest BCUT2D eigenvalue weighted by molar-refractivity contribution is 0.766. The van der Waals surface area contributed by atoms with E-state index in [0.29, 0.717) is 11.5 Å². The highest BCUT2D eigenvalue weighted by atomic mass is 16.1. The summed E-state index contributed by atoms with van der Waals surface area (Å²) in [5.74, 6) is 0.325. The van der Waals surface area contributed by atoms with Crippen molar-refractivity contribution in [3.8, 4) is 17.2 Å². The number of hydrogen-bond acceptors (Lipinski definition) is 4. The Morgan fingerprint density at radius 2 is 1.88 bits per heavy atom. The van der Waals surface area contributed by atoms with Gasteiger partial charge in [-0.15, -0.1) is 0 Å². The second-order valence-electron chi connectivity index (χ2n) is 9.62. The Balaban J connectivity index is 1.76. The minimum atomic E-state index is 0.0336. The number of benzene rings is 2. The molecule has 34 heavy (non-hydrogen) atoms. The normalized spacial score (nSPS) is 13.4. The van der Waals surface area contributed by atoms with Gasteiger partial charge in [0.25, 0.3) is 5.56 Å². The van der Waals surface area contributed by atoms with Crippen molar-refractivity contribution in [2.75, 3.05) is 11.4 Å². The third-order valence-electron chi connectivity index (χ3n) is 6.95. The lowest BCUT2D eigenvalue weighted by atomic mass is 9.92. The molecule has 0 unspecified atom stereocenters. The van der Waals surface area contributed by atoms with E-state index < -0.39 is 0 Å². The maximum atomic E-state index is 12.7. The first-order valence-corrected chi connectivity index (χ1v) is 11.8. The number of aromatic nitrogens is 3. The van der Waals surface area contributed by atoms with Gasteiger partial charge >= 0.3 is 0 Å². The van der Waals surface area contributed by atoms with Gasteiger partial charge in [0.15, 0.2) is 0 Å². The Morgan fingerprint density at radius 1 is 1.09 bits per heavy atom. The molecule has 5 rings (SSSR count). The summed E-state index contributed by atoms with van der Waals surface area (Å²) < 4.78 is 3.52. The Kier molecular flexibility index (Phi) is 5.28. The van der Waals surface area contributed by atoms with Crippen LogP contribution >= 0.6 is 0 Å². The molecule has 0 aliphatic carbocycles. The molecule has 0 saturated carbocycles. The fourth-order valence-corrected chi connectivity index (χ4v) is 5.05. The number of rotatable bonds is 3. The van der Waals surface area contributed by atoms with E-state index in [1.54, 1.807) is 9.25 Å². The molecule has 2 aromatic carbocycles. The van der Waals surface area contributed by atoms with Crippen molar-refractivity contribution in [2.24, 2.45) is 14.1 Å². The summed E-state index contributed by atoms with van der Waals surface area (Å²) in [5, 5.41) is 15.4. The van der Waals surface area contributed by atoms with Gasteiger partial charge in [-0.25, -0.2) is 0 Å². The van der Waals surface area contributed by atoms with Crippen molar-refractivity contribution >= 4 is 22.3 Å². The minimum Gasteiger partial charge on any atom is -0.341 e. The molecular weight excluding hydrogens is 422 g/mol. The van der Waals surface area contributed by atoms with Gasteiger partial charge in [0.1, 0.15) is 0 Å². The Labute approximate surface area is 199 Å². The highest BCUT2D eigenvalue weighted by molar-refractivity contribution is 5.96. The molecule has 0 atom stereocenters. The van der Waals surface area contributed by atoms with E-state index >= 15 is 0 Å². The summed E-state index contributed by atoms with van der Waals surface area (Å²) >= 11 is 0. The van der Waals surface area contributed by atoms with E-state index in [1.165, 1.54) is 11.1 Å². The molecule has 1 aliphatic heterocycles. The highest BCUT2D eigenvalue weighted by Crippen LogP contribution is 2.41. The van der Waals surface area contributed by atoms with E-state index in [-0.39, 0.29) is 5.56 Å². The summed E-state index contributed by atoms with van der Waals surface area (Å²) in [7, 11) is 3.74. The lowest BCUT2D eigenvalue weighted by Crippen LogP contribution is -2.26. The third-order valence-corrected chi connectivity index (χ3v) is 6.95. The number of hydrogen-bond donors (Lipinski definition) is 0. The smallest absolute Gasteiger partial charge is 0.253 e. The molecule has 6 nitrogen and oxygen atoms in total. The number of anilines is 2. The van der Waals surface area contributed by atoms with Gasteiger partial charge in [-0.3, -0.25) is 9.48 Å². The van der Waals surface area contributed by atoms with Crippen LogP contribution in [0.2, 0.25) is 0 Å². The molecule has 0 bridgehead atoms. The van der Waals surface area contributed by atoms with Gasteiger partial charge in [-0.05, 0) is 67.1 Å². The first-order valence-electron chi connectivity index (χ1n) is 11.8. The topological polar surface area (TPSA) is 66.8 Å². The van der Waals surface area contributed by atoms with Gasteiger partial charge in [0.2, 0.25) is 0 Å². The maximum absolute atomic E-state index is 12.7. The lowest BCUT2D eigenvalue weighted by Gasteiger charge is -2.33.